The number of piperidine rings is 1. The van der Waals surface area contributed by atoms with Gasteiger partial charge in [-0.1, -0.05) is 56.3 Å². The van der Waals surface area contributed by atoms with Crippen molar-refractivity contribution < 1.29 is 23.1 Å². The molecule has 1 amide bonds. The van der Waals surface area contributed by atoms with E-state index in [0.717, 1.165) is 24.4 Å². The highest BCUT2D eigenvalue weighted by Crippen LogP contribution is 2.62. The van der Waals surface area contributed by atoms with Gasteiger partial charge in [-0.3, -0.25) is 0 Å². The van der Waals surface area contributed by atoms with Gasteiger partial charge in [0, 0.05) is 31.7 Å². The number of ether oxygens (including phenoxy) is 2. The van der Waals surface area contributed by atoms with Crippen LogP contribution < -0.4 is 4.90 Å². The predicted octanol–water partition coefficient (Wildman–Crippen LogP) is 5.72. The molecule has 3 aliphatic rings. The van der Waals surface area contributed by atoms with Crippen LogP contribution in [0.1, 0.15) is 37.8 Å². The Labute approximate surface area is 214 Å². The number of halogens is 1. The average Bonchev–Trinajstić information content (AvgIpc) is 3.37. The van der Waals surface area contributed by atoms with Gasteiger partial charge in [-0.25, -0.2) is 9.18 Å². The number of hydrogen-bond acceptors (Lipinski definition) is 5. The summed E-state index contributed by atoms with van der Waals surface area (Å²) >= 11 is 0. The Kier molecular flexibility index (Phi) is 7.11. The molecule has 5 rings (SSSR count). The van der Waals surface area contributed by atoms with Gasteiger partial charge in [-0.15, -0.1) is 0 Å². The molecule has 3 aliphatic heterocycles. The lowest BCUT2D eigenvalue weighted by atomic mass is 10.1. The van der Waals surface area contributed by atoms with Crippen molar-refractivity contribution >= 4 is 20.1 Å². The molecule has 0 aromatic heterocycles. The summed E-state index contributed by atoms with van der Waals surface area (Å²) in [6, 6.07) is 16.4. The molecule has 0 spiro atoms. The van der Waals surface area contributed by atoms with E-state index in [1.165, 1.54) is 0 Å². The molecule has 0 N–H and O–H groups in total. The number of hydrogen-bond donors (Lipinski definition) is 0. The molecule has 3 heterocycles. The fourth-order valence-corrected chi connectivity index (χ4v) is 8.49. The Hall–Kier alpha value is -2.42. The Morgan fingerprint density at radius 3 is 2.39 bits per heavy atom. The van der Waals surface area contributed by atoms with Gasteiger partial charge in [0.1, 0.15) is 6.61 Å². The summed E-state index contributed by atoms with van der Waals surface area (Å²) in [5.74, 6) is -0.172. The Balaban J connectivity index is 1.04. The van der Waals surface area contributed by atoms with Crippen LogP contribution in [0.4, 0.5) is 14.9 Å². The summed E-state index contributed by atoms with van der Waals surface area (Å²) in [5, 5.41) is 0.293. The van der Waals surface area contributed by atoms with Crippen molar-refractivity contribution in [1.29, 1.82) is 0 Å². The van der Waals surface area contributed by atoms with Crippen molar-refractivity contribution in [3.8, 4) is 0 Å². The van der Waals surface area contributed by atoms with Gasteiger partial charge in [0.15, 0.2) is 14.1 Å². The SMILES string of the molecule is CC1(C)C[Si]1(C)OCc1cccc(N2CC(OC3CCN(C(=O)OCc4ccccc4)CC3)C2)c1F. The lowest BCUT2D eigenvalue weighted by Gasteiger charge is -2.43. The van der Waals surface area contributed by atoms with E-state index in [4.69, 9.17) is 13.9 Å². The molecule has 0 aliphatic carbocycles. The second-order valence-electron chi connectivity index (χ2n) is 11.2. The highest BCUT2D eigenvalue weighted by atomic mass is 28.4. The number of amides is 1. The molecule has 194 valence electrons. The highest BCUT2D eigenvalue weighted by Gasteiger charge is 2.62. The van der Waals surface area contributed by atoms with E-state index in [-0.39, 0.29) is 30.7 Å². The first-order valence-corrected chi connectivity index (χ1v) is 15.6. The van der Waals surface area contributed by atoms with Gasteiger partial charge >= 0.3 is 6.09 Å². The first kappa shape index (κ1) is 25.2. The molecule has 0 radical (unpaired) electrons. The van der Waals surface area contributed by atoms with Crippen LogP contribution in [0.25, 0.3) is 0 Å². The summed E-state index contributed by atoms with van der Waals surface area (Å²) in [4.78, 5) is 16.2. The molecule has 0 saturated carbocycles. The summed E-state index contributed by atoms with van der Waals surface area (Å²) in [6.45, 7) is 9.99. The van der Waals surface area contributed by atoms with Crippen LogP contribution in [0.2, 0.25) is 17.6 Å². The quantitative estimate of drug-likeness (QED) is 0.424. The van der Waals surface area contributed by atoms with Gasteiger partial charge in [-0.2, -0.15) is 0 Å². The zero-order chi connectivity index (χ0) is 25.3. The minimum atomic E-state index is -1.68. The summed E-state index contributed by atoms with van der Waals surface area (Å²) in [6.07, 6.45) is 1.51. The maximum absolute atomic E-state index is 15.2. The topological polar surface area (TPSA) is 51.2 Å². The molecule has 8 heteroatoms. The van der Waals surface area contributed by atoms with Crippen molar-refractivity contribution in [2.45, 2.75) is 69.7 Å². The Bertz CT molecular complexity index is 1070. The van der Waals surface area contributed by atoms with E-state index < -0.39 is 8.32 Å². The second kappa shape index (κ2) is 10.1. The molecule has 1 unspecified atom stereocenters. The van der Waals surface area contributed by atoms with E-state index in [1.807, 2.05) is 53.4 Å². The second-order valence-corrected chi connectivity index (χ2v) is 15.7. The Morgan fingerprint density at radius 2 is 1.72 bits per heavy atom. The van der Waals surface area contributed by atoms with E-state index in [0.29, 0.717) is 49.1 Å². The summed E-state index contributed by atoms with van der Waals surface area (Å²) in [5.41, 5.74) is 2.25. The van der Waals surface area contributed by atoms with Gasteiger partial charge < -0.3 is 23.7 Å². The standard InChI is InChI=1S/C28H37FN2O4Si/c1-28(2)20-36(28,3)34-19-22-10-7-11-25(26(22)29)31-16-24(17-31)35-23-12-14-30(15-13-23)27(32)33-18-21-8-5-4-6-9-21/h4-11,23-24H,12-20H2,1-3H3. The van der Waals surface area contributed by atoms with Crippen LogP contribution >= 0.6 is 0 Å². The van der Waals surface area contributed by atoms with Crippen LogP contribution in [0.15, 0.2) is 48.5 Å². The van der Waals surface area contributed by atoms with E-state index in [2.05, 4.69) is 20.4 Å². The largest absolute Gasteiger partial charge is 0.445 e. The maximum atomic E-state index is 15.2. The molecule has 36 heavy (non-hydrogen) atoms. The molecule has 2 aromatic carbocycles. The van der Waals surface area contributed by atoms with E-state index >= 15 is 4.39 Å². The van der Waals surface area contributed by atoms with Crippen LogP contribution in [-0.2, 0) is 27.1 Å². The third-order valence-electron chi connectivity index (χ3n) is 8.17. The smallest absolute Gasteiger partial charge is 0.410 e. The number of nitrogens with zero attached hydrogens (tertiary/aromatic N) is 2. The molecule has 3 saturated heterocycles. The minimum absolute atomic E-state index is 0.0875. The number of rotatable bonds is 8. The van der Waals surface area contributed by atoms with Gasteiger partial charge in [0.2, 0.25) is 0 Å². The number of benzene rings is 2. The predicted molar refractivity (Wildman–Crippen MR) is 140 cm³/mol. The Morgan fingerprint density at radius 1 is 1.03 bits per heavy atom. The minimum Gasteiger partial charge on any atom is -0.445 e. The molecule has 3 fully saturated rings. The fourth-order valence-electron chi connectivity index (χ4n) is 5.18. The maximum Gasteiger partial charge on any atom is 0.410 e. The van der Waals surface area contributed by atoms with Gasteiger partial charge in [0.25, 0.3) is 0 Å². The van der Waals surface area contributed by atoms with Crippen molar-refractivity contribution in [2.24, 2.45) is 0 Å². The molecule has 2 aromatic rings. The number of carbonyl (C=O) groups excluding carboxylic acids is 1. The number of likely N-dealkylation sites (tertiary alicyclic amines) is 1. The molecule has 1 atom stereocenters. The van der Waals surface area contributed by atoms with E-state index in [1.54, 1.807) is 4.90 Å². The van der Waals surface area contributed by atoms with Crippen molar-refractivity contribution in [3.05, 3.63) is 65.5 Å². The average molecular weight is 513 g/mol. The third-order valence-corrected chi connectivity index (χ3v) is 13.1. The molecular weight excluding hydrogens is 475 g/mol. The molecule has 6 nitrogen and oxygen atoms in total. The van der Waals surface area contributed by atoms with Gasteiger partial charge in [-0.05, 0) is 42.1 Å². The number of carbonyl (C=O) groups is 1. The van der Waals surface area contributed by atoms with Crippen LogP contribution in [-0.4, -0.2) is 57.7 Å². The first-order chi connectivity index (χ1) is 17.2. The van der Waals surface area contributed by atoms with Crippen LogP contribution in [0.3, 0.4) is 0 Å². The van der Waals surface area contributed by atoms with Crippen molar-refractivity contribution in [3.63, 3.8) is 0 Å². The molecule has 0 bridgehead atoms. The first-order valence-electron chi connectivity index (χ1n) is 13.0. The lowest BCUT2D eigenvalue weighted by molar-refractivity contribution is -0.0517. The highest BCUT2D eigenvalue weighted by molar-refractivity contribution is 6.86. The van der Waals surface area contributed by atoms with Crippen LogP contribution in [0, 0.1) is 5.82 Å². The number of anilines is 1. The van der Waals surface area contributed by atoms with Crippen molar-refractivity contribution in [2.75, 3.05) is 31.1 Å². The van der Waals surface area contributed by atoms with E-state index in [9.17, 15) is 4.79 Å². The molecular formula is C28H37FN2O4Si. The lowest BCUT2D eigenvalue weighted by Crippen LogP contribution is -2.55. The van der Waals surface area contributed by atoms with Gasteiger partial charge in [0.05, 0.1) is 24.5 Å². The van der Waals surface area contributed by atoms with Crippen LogP contribution in [0.5, 0.6) is 0 Å². The monoisotopic (exact) mass is 512 g/mol. The summed E-state index contributed by atoms with van der Waals surface area (Å²) < 4.78 is 33.1. The zero-order valence-electron chi connectivity index (χ0n) is 21.5. The fraction of sp³-hybridized carbons (Fsp3) is 0.536. The van der Waals surface area contributed by atoms with Crippen molar-refractivity contribution in [1.82, 2.24) is 4.90 Å². The normalized spacial score (nSPS) is 23.9. The summed E-state index contributed by atoms with van der Waals surface area (Å²) in [7, 11) is -1.68. The zero-order valence-corrected chi connectivity index (χ0v) is 22.5. The third kappa shape index (κ3) is 5.45.